The Morgan fingerprint density at radius 1 is 1.33 bits per heavy atom. The van der Waals surface area contributed by atoms with Gasteiger partial charge in [0.25, 0.3) is 0 Å². The molecule has 2 saturated carbocycles. The second-order valence-corrected chi connectivity index (χ2v) is 4.09. The second kappa shape index (κ2) is 3.08. The van der Waals surface area contributed by atoms with E-state index in [0.29, 0.717) is 5.92 Å². The highest BCUT2D eigenvalue weighted by Gasteiger charge is 2.43. The topological polar surface area (TPSA) is 26.3 Å². The molecule has 3 atom stereocenters. The van der Waals surface area contributed by atoms with Crippen molar-refractivity contribution in [2.24, 2.45) is 11.8 Å². The van der Waals surface area contributed by atoms with Crippen molar-refractivity contribution >= 4 is 5.97 Å². The Kier molecular flexibility index (Phi) is 2.07. The van der Waals surface area contributed by atoms with E-state index in [9.17, 15) is 4.79 Å². The van der Waals surface area contributed by atoms with E-state index < -0.39 is 0 Å². The molecular formula is C10H16O2. The summed E-state index contributed by atoms with van der Waals surface area (Å²) in [6, 6.07) is 0. The van der Waals surface area contributed by atoms with Crippen LogP contribution in [0.2, 0.25) is 0 Å². The van der Waals surface area contributed by atoms with Gasteiger partial charge in [0.2, 0.25) is 0 Å². The van der Waals surface area contributed by atoms with Crippen LogP contribution in [-0.4, -0.2) is 12.1 Å². The van der Waals surface area contributed by atoms with Crippen molar-refractivity contribution in [1.82, 2.24) is 0 Å². The molecule has 0 spiro atoms. The van der Waals surface area contributed by atoms with Crippen molar-refractivity contribution in [3.05, 3.63) is 0 Å². The van der Waals surface area contributed by atoms with Gasteiger partial charge in [-0.2, -0.15) is 0 Å². The fraction of sp³-hybridized carbons (Fsp3) is 0.900. The first-order valence-electron chi connectivity index (χ1n) is 4.94. The van der Waals surface area contributed by atoms with Gasteiger partial charge in [0, 0.05) is 6.92 Å². The van der Waals surface area contributed by atoms with E-state index in [2.05, 4.69) is 0 Å². The zero-order valence-corrected chi connectivity index (χ0v) is 7.58. The van der Waals surface area contributed by atoms with E-state index in [1.54, 1.807) is 0 Å². The molecule has 0 unspecified atom stereocenters. The maximum atomic E-state index is 10.7. The number of carbonyl (C=O) groups is 1. The Hall–Kier alpha value is -0.530. The van der Waals surface area contributed by atoms with E-state index >= 15 is 0 Å². The van der Waals surface area contributed by atoms with Gasteiger partial charge in [-0.05, 0) is 31.1 Å². The van der Waals surface area contributed by atoms with Crippen LogP contribution in [0.3, 0.4) is 0 Å². The second-order valence-electron chi connectivity index (χ2n) is 4.09. The van der Waals surface area contributed by atoms with Crippen molar-refractivity contribution in [3.8, 4) is 0 Å². The van der Waals surface area contributed by atoms with Crippen molar-refractivity contribution in [2.45, 2.75) is 45.1 Å². The maximum Gasteiger partial charge on any atom is 0.302 e. The summed E-state index contributed by atoms with van der Waals surface area (Å²) >= 11 is 0. The first kappa shape index (κ1) is 8.09. The lowest BCUT2D eigenvalue weighted by Gasteiger charge is -2.46. The molecule has 2 fully saturated rings. The largest absolute Gasteiger partial charge is 0.462 e. The summed E-state index contributed by atoms with van der Waals surface area (Å²) in [4.78, 5) is 10.7. The van der Waals surface area contributed by atoms with Crippen molar-refractivity contribution < 1.29 is 9.53 Å². The highest BCUT2D eigenvalue weighted by atomic mass is 16.5. The lowest BCUT2D eigenvalue weighted by molar-refractivity contribution is -0.163. The summed E-state index contributed by atoms with van der Waals surface area (Å²) in [5, 5.41) is 0. The molecule has 0 aromatic carbocycles. The number of rotatable bonds is 1. The molecule has 0 aliphatic heterocycles. The molecule has 2 rings (SSSR count). The predicted octanol–water partition coefficient (Wildman–Crippen LogP) is 2.13. The first-order valence-corrected chi connectivity index (χ1v) is 4.94. The zero-order valence-electron chi connectivity index (χ0n) is 7.58. The lowest BCUT2D eigenvalue weighted by atomic mass is 9.63. The molecule has 12 heavy (non-hydrogen) atoms. The van der Waals surface area contributed by atoms with Crippen LogP contribution < -0.4 is 0 Å². The summed E-state index contributed by atoms with van der Waals surface area (Å²) in [5.74, 6) is 1.48. The quantitative estimate of drug-likeness (QED) is 0.561. The molecule has 0 radical (unpaired) electrons. The maximum absolute atomic E-state index is 10.7. The van der Waals surface area contributed by atoms with E-state index in [4.69, 9.17) is 4.74 Å². The summed E-state index contributed by atoms with van der Waals surface area (Å²) in [6.07, 6.45) is 6.76. The average molecular weight is 168 g/mol. The minimum atomic E-state index is -0.107. The Labute approximate surface area is 73.3 Å². The predicted molar refractivity (Wildman–Crippen MR) is 45.6 cm³/mol. The van der Waals surface area contributed by atoms with Crippen LogP contribution in [0.25, 0.3) is 0 Å². The summed E-state index contributed by atoms with van der Waals surface area (Å²) in [7, 11) is 0. The van der Waals surface area contributed by atoms with E-state index in [0.717, 1.165) is 12.3 Å². The lowest BCUT2D eigenvalue weighted by Crippen LogP contribution is -2.45. The van der Waals surface area contributed by atoms with Crippen LogP contribution in [0.5, 0.6) is 0 Å². The van der Waals surface area contributed by atoms with Crippen molar-refractivity contribution in [1.29, 1.82) is 0 Å². The van der Waals surface area contributed by atoms with E-state index in [1.807, 2.05) is 0 Å². The number of esters is 1. The van der Waals surface area contributed by atoms with Gasteiger partial charge in [-0.3, -0.25) is 4.79 Å². The summed E-state index contributed by atoms with van der Waals surface area (Å²) in [5.41, 5.74) is 0. The fourth-order valence-corrected chi connectivity index (χ4v) is 2.64. The van der Waals surface area contributed by atoms with Gasteiger partial charge in [-0.15, -0.1) is 0 Å². The molecule has 0 aromatic heterocycles. The fourth-order valence-electron chi connectivity index (χ4n) is 2.64. The van der Waals surface area contributed by atoms with E-state index in [-0.39, 0.29) is 12.1 Å². The minimum absolute atomic E-state index is 0.107. The standard InChI is InChI=1S/C10H16O2/c1-7(11)12-10-6-8-4-2-3-5-9(8)10/h8-10H,2-6H2,1H3/t8-,9+,10+/m1/s1. The van der Waals surface area contributed by atoms with Crippen LogP contribution in [0.4, 0.5) is 0 Å². The highest BCUT2D eigenvalue weighted by molar-refractivity contribution is 5.66. The monoisotopic (exact) mass is 168 g/mol. The van der Waals surface area contributed by atoms with E-state index in [1.165, 1.54) is 32.6 Å². The molecule has 2 heteroatoms. The van der Waals surface area contributed by atoms with Gasteiger partial charge < -0.3 is 4.74 Å². The molecule has 2 aliphatic carbocycles. The number of hydrogen-bond acceptors (Lipinski definition) is 2. The number of carbonyl (C=O) groups excluding carboxylic acids is 1. The number of hydrogen-bond donors (Lipinski definition) is 0. The van der Waals surface area contributed by atoms with Crippen LogP contribution in [0, 0.1) is 11.8 Å². The number of ether oxygens (including phenoxy) is 1. The third-order valence-electron chi connectivity index (χ3n) is 3.30. The molecule has 0 aromatic rings. The number of fused-ring (bicyclic) bond motifs is 1. The summed E-state index contributed by atoms with van der Waals surface area (Å²) in [6.45, 7) is 1.51. The minimum Gasteiger partial charge on any atom is -0.462 e. The van der Waals surface area contributed by atoms with Gasteiger partial charge in [0.05, 0.1) is 0 Å². The Balaban J connectivity index is 1.84. The molecule has 2 nitrogen and oxygen atoms in total. The van der Waals surface area contributed by atoms with Crippen molar-refractivity contribution in [3.63, 3.8) is 0 Å². The highest BCUT2D eigenvalue weighted by Crippen LogP contribution is 2.46. The van der Waals surface area contributed by atoms with Gasteiger partial charge in [0.1, 0.15) is 6.10 Å². The van der Waals surface area contributed by atoms with Gasteiger partial charge in [-0.1, -0.05) is 12.8 Å². The molecule has 2 aliphatic rings. The molecule has 0 amide bonds. The van der Waals surface area contributed by atoms with Crippen LogP contribution in [0.1, 0.15) is 39.0 Å². The zero-order chi connectivity index (χ0) is 8.55. The van der Waals surface area contributed by atoms with Gasteiger partial charge >= 0.3 is 5.97 Å². The van der Waals surface area contributed by atoms with Crippen molar-refractivity contribution in [2.75, 3.05) is 0 Å². The SMILES string of the molecule is CC(=O)O[C@H]1C[C@H]2CCCC[C@@H]21. The van der Waals surface area contributed by atoms with Gasteiger partial charge in [-0.25, -0.2) is 0 Å². The molecule has 0 bridgehead atoms. The molecular weight excluding hydrogens is 152 g/mol. The van der Waals surface area contributed by atoms with Crippen LogP contribution >= 0.6 is 0 Å². The van der Waals surface area contributed by atoms with Crippen LogP contribution in [0.15, 0.2) is 0 Å². The molecule has 0 saturated heterocycles. The van der Waals surface area contributed by atoms with Crippen LogP contribution in [-0.2, 0) is 9.53 Å². The average Bonchev–Trinajstić information content (AvgIpc) is 2.00. The Bertz CT molecular complexity index is 188. The normalized spacial score (nSPS) is 39.6. The molecule has 68 valence electrons. The third-order valence-corrected chi connectivity index (χ3v) is 3.30. The first-order chi connectivity index (χ1) is 5.77. The van der Waals surface area contributed by atoms with Gasteiger partial charge in [0.15, 0.2) is 0 Å². The molecule has 0 N–H and O–H groups in total. The summed E-state index contributed by atoms with van der Waals surface area (Å²) < 4.78 is 5.22. The smallest absolute Gasteiger partial charge is 0.302 e. The Morgan fingerprint density at radius 2 is 2.08 bits per heavy atom. The Morgan fingerprint density at radius 3 is 2.75 bits per heavy atom. The third kappa shape index (κ3) is 1.35. The molecule has 0 heterocycles.